The minimum absolute atomic E-state index is 0.0694. The number of imide groups is 1. The first-order valence-corrected chi connectivity index (χ1v) is 7.18. The van der Waals surface area contributed by atoms with E-state index in [1.807, 2.05) is 6.07 Å². The molecule has 4 amide bonds. The molecule has 1 fully saturated rings. The number of aromatic amines is 1. The van der Waals surface area contributed by atoms with Gasteiger partial charge in [-0.15, -0.1) is 0 Å². The second-order valence-electron chi connectivity index (χ2n) is 6.36. The number of amides is 4. The molecular weight excluding hydrogens is 286 g/mol. The molecular formula is C14H21N5O3. The fourth-order valence-corrected chi connectivity index (χ4v) is 2.07. The minimum Gasteiger partial charge on any atom is -0.349 e. The highest BCUT2D eigenvalue weighted by Gasteiger charge is 2.26. The van der Waals surface area contributed by atoms with Crippen LogP contribution >= 0.6 is 0 Å². The van der Waals surface area contributed by atoms with Gasteiger partial charge in [-0.05, 0) is 12.5 Å². The van der Waals surface area contributed by atoms with Crippen LogP contribution in [0.15, 0.2) is 6.07 Å². The normalized spacial score (nSPS) is 19.1. The molecule has 0 bridgehead atoms. The lowest BCUT2D eigenvalue weighted by atomic mass is 9.92. The smallest absolute Gasteiger partial charge is 0.322 e. The van der Waals surface area contributed by atoms with E-state index in [2.05, 4.69) is 46.9 Å². The summed E-state index contributed by atoms with van der Waals surface area (Å²) in [5.41, 5.74) is 1.63. The van der Waals surface area contributed by atoms with Crippen LogP contribution in [0.5, 0.6) is 0 Å². The lowest BCUT2D eigenvalue weighted by Gasteiger charge is -2.14. The first-order valence-electron chi connectivity index (χ1n) is 7.18. The molecule has 1 atom stereocenters. The zero-order valence-corrected chi connectivity index (χ0v) is 12.9. The third kappa shape index (κ3) is 4.06. The van der Waals surface area contributed by atoms with Crippen molar-refractivity contribution >= 4 is 17.8 Å². The molecule has 1 saturated heterocycles. The highest BCUT2D eigenvalue weighted by atomic mass is 16.2. The van der Waals surface area contributed by atoms with E-state index in [0.717, 1.165) is 11.4 Å². The maximum Gasteiger partial charge on any atom is 0.322 e. The van der Waals surface area contributed by atoms with Crippen LogP contribution in [0.4, 0.5) is 4.79 Å². The van der Waals surface area contributed by atoms with E-state index in [1.165, 1.54) is 0 Å². The van der Waals surface area contributed by atoms with Gasteiger partial charge in [0, 0.05) is 11.8 Å². The van der Waals surface area contributed by atoms with Gasteiger partial charge in [0.25, 0.3) is 0 Å². The first kappa shape index (κ1) is 16.0. The molecule has 1 aliphatic rings. The molecule has 2 heterocycles. The van der Waals surface area contributed by atoms with Gasteiger partial charge in [0.05, 0.1) is 17.9 Å². The Hall–Kier alpha value is -2.38. The van der Waals surface area contributed by atoms with Crippen molar-refractivity contribution < 1.29 is 14.4 Å². The molecule has 1 aromatic heterocycles. The van der Waals surface area contributed by atoms with E-state index < -0.39 is 12.1 Å². The Morgan fingerprint density at radius 2 is 2.14 bits per heavy atom. The number of nitrogens with one attached hydrogen (secondary N) is 4. The molecule has 22 heavy (non-hydrogen) atoms. The van der Waals surface area contributed by atoms with Crippen molar-refractivity contribution in [2.75, 3.05) is 0 Å². The van der Waals surface area contributed by atoms with Gasteiger partial charge in [-0.25, -0.2) is 4.79 Å². The summed E-state index contributed by atoms with van der Waals surface area (Å²) in [4.78, 5) is 34.7. The lowest BCUT2D eigenvalue weighted by Crippen LogP contribution is -2.48. The van der Waals surface area contributed by atoms with E-state index in [-0.39, 0.29) is 36.6 Å². The van der Waals surface area contributed by atoms with Crippen molar-refractivity contribution in [3.05, 3.63) is 17.5 Å². The Morgan fingerprint density at radius 1 is 1.41 bits per heavy atom. The van der Waals surface area contributed by atoms with Gasteiger partial charge in [0.1, 0.15) is 6.04 Å². The topological polar surface area (TPSA) is 116 Å². The zero-order chi connectivity index (χ0) is 16.3. The average Bonchev–Trinajstić information content (AvgIpc) is 2.82. The quantitative estimate of drug-likeness (QED) is 0.643. The van der Waals surface area contributed by atoms with Crippen LogP contribution in [-0.2, 0) is 21.5 Å². The highest BCUT2D eigenvalue weighted by Crippen LogP contribution is 2.20. The average molecular weight is 307 g/mol. The summed E-state index contributed by atoms with van der Waals surface area (Å²) in [6, 6.07) is 0.549. The molecule has 1 aromatic rings. The summed E-state index contributed by atoms with van der Waals surface area (Å²) in [6.45, 7) is 6.44. The molecule has 8 nitrogen and oxygen atoms in total. The van der Waals surface area contributed by atoms with Crippen molar-refractivity contribution in [1.82, 2.24) is 26.1 Å². The van der Waals surface area contributed by atoms with Gasteiger partial charge >= 0.3 is 6.03 Å². The van der Waals surface area contributed by atoms with Gasteiger partial charge in [-0.3, -0.25) is 20.0 Å². The van der Waals surface area contributed by atoms with Gasteiger partial charge in [-0.1, -0.05) is 20.8 Å². The number of hydrogen-bond donors (Lipinski definition) is 4. The van der Waals surface area contributed by atoms with E-state index >= 15 is 0 Å². The Morgan fingerprint density at radius 3 is 2.77 bits per heavy atom. The zero-order valence-electron chi connectivity index (χ0n) is 12.9. The number of aromatic nitrogens is 2. The van der Waals surface area contributed by atoms with Gasteiger partial charge in [-0.2, -0.15) is 5.10 Å². The number of hydrogen-bond acceptors (Lipinski definition) is 4. The lowest BCUT2D eigenvalue weighted by molar-refractivity contribution is -0.123. The fourth-order valence-electron chi connectivity index (χ4n) is 2.07. The third-order valence-electron chi connectivity index (χ3n) is 3.39. The van der Waals surface area contributed by atoms with Gasteiger partial charge < -0.3 is 10.6 Å². The van der Waals surface area contributed by atoms with Crippen LogP contribution in [0.1, 0.15) is 45.0 Å². The second kappa shape index (κ2) is 6.17. The second-order valence-corrected chi connectivity index (χ2v) is 6.36. The number of nitrogens with zero attached hydrogens (tertiary/aromatic N) is 1. The van der Waals surface area contributed by atoms with Crippen LogP contribution < -0.4 is 16.0 Å². The van der Waals surface area contributed by atoms with Crippen LogP contribution in [-0.4, -0.2) is 34.1 Å². The van der Waals surface area contributed by atoms with Crippen molar-refractivity contribution in [1.29, 1.82) is 0 Å². The van der Waals surface area contributed by atoms with Gasteiger partial charge in [0.2, 0.25) is 11.8 Å². The monoisotopic (exact) mass is 307 g/mol. The summed E-state index contributed by atoms with van der Waals surface area (Å²) in [5, 5.41) is 14.4. The number of H-pyrrole nitrogens is 1. The number of carbonyl (C=O) groups excluding carboxylic acids is 3. The Balaban J connectivity index is 1.91. The van der Waals surface area contributed by atoms with Crippen LogP contribution in [0.2, 0.25) is 0 Å². The summed E-state index contributed by atoms with van der Waals surface area (Å²) in [6.07, 6.45) is 0.411. The molecule has 0 aliphatic carbocycles. The predicted molar refractivity (Wildman–Crippen MR) is 78.8 cm³/mol. The SMILES string of the molecule is CC(C)(C)c1cc(CNC(=O)C2CCC(=O)NC(=O)N2)[nH]n1. The van der Waals surface area contributed by atoms with Crippen LogP contribution in [0.25, 0.3) is 0 Å². The number of carbonyl (C=O) groups is 3. The first-order chi connectivity index (χ1) is 10.3. The molecule has 0 radical (unpaired) electrons. The predicted octanol–water partition coefficient (Wildman–Crippen LogP) is 0.312. The molecule has 0 aromatic carbocycles. The summed E-state index contributed by atoms with van der Waals surface area (Å²) < 4.78 is 0. The summed E-state index contributed by atoms with van der Waals surface area (Å²) in [7, 11) is 0. The Bertz CT molecular complexity index is 588. The Kier molecular flexibility index (Phi) is 4.48. The standard InChI is InChI=1S/C14H21N5O3/c1-14(2,3)10-6-8(18-19-10)7-15-12(21)9-4-5-11(20)17-13(22)16-9/h6,9H,4-5,7H2,1-3H3,(H,15,21)(H,18,19)(H2,16,17,20,22). The van der Waals surface area contributed by atoms with Crippen molar-refractivity contribution in [2.24, 2.45) is 0 Å². The van der Waals surface area contributed by atoms with Crippen LogP contribution in [0.3, 0.4) is 0 Å². The minimum atomic E-state index is -0.712. The molecule has 0 spiro atoms. The molecule has 8 heteroatoms. The van der Waals surface area contributed by atoms with Gasteiger partial charge in [0.15, 0.2) is 0 Å². The summed E-state index contributed by atoms with van der Waals surface area (Å²) in [5.74, 6) is -0.701. The number of rotatable bonds is 3. The number of urea groups is 1. The molecule has 1 unspecified atom stereocenters. The largest absolute Gasteiger partial charge is 0.349 e. The maximum absolute atomic E-state index is 12.1. The molecule has 4 N–H and O–H groups in total. The van der Waals surface area contributed by atoms with Crippen molar-refractivity contribution in [3.8, 4) is 0 Å². The van der Waals surface area contributed by atoms with E-state index in [4.69, 9.17) is 0 Å². The fraction of sp³-hybridized carbons (Fsp3) is 0.571. The molecule has 1 aliphatic heterocycles. The molecule has 120 valence electrons. The molecule has 0 saturated carbocycles. The van der Waals surface area contributed by atoms with Crippen molar-refractivity contribution in [2.45, 2.75) is 51.6 Å². The molecule has 2 rings (SSSR count). The van der Waals surface area contributed by atoms with Crippen LogP contribution in [0, 0.1) is 0 Å². The summed E-state index contributed by atoms with van der Waals surface area (Å²) >= 11 is 0. The van der Waals surface area contributed by atoms with Crippen molar-refractivity contribution in [3.63, 3.8) is 0 Å². The van der Waals surface area contributed by atoms with E-state index in [0.29, 0.717) is 0 Å². The highest BCUT2D eigenvalue weighted by molar-refractivity contribution is 5.98. The van der Waals surface area contributed by atoms with E-state index in [9.17, 15) is 14.4 Å². The maximum atomic E-state index is 12.1. The van der Waals surface area contributed by atoms with E-state index in [1.54, 1.807) is 0 Å². The Labute approximate surface area is 128 Å². The third-order valence-corrected chi connectivity index (χ3v) is 3.39.